The van der Waals surface area contributed by atoms with Gasteiger partial charge in [0.05, 0.1) is 17.1 Å². The van der Waals surface area contributed by atoms with E-state index in [0.29, 0.717) is 16.3 Å². The number of para-hydroxylation sites is 2. The van der Waals surface area contributed by atoms with Crippen LogP contribution >= 0.6 is 11.3 Å². The van der Waals surface area contributed by atoms with E-state index < -0.39 is 6.10 Å². The number of anilines is 1. The highest BCUT2D eigenvalue weighted by Crippen LogP contribution is 2.33. The SMILES string of the molecule is CNC(=O)[C@H]1CN(C(=O)CCC(=O)c2cccs2)c2ccccc2O1. The highest BCUT2D eigenvalue weighted by molar-refractivity contribution is 7.12. The molecule has 3 rings (SSSR count). The smallest absolute Gasteiger partial charge is 0.262 e. The Hall–Kier alpha value is -2.67. The number of carbonyl (C=O) groups is 3. The first-order valence-electron chi connectivity index (χ1n) is 7.94. The van der Waals surface area contributed by atoms with Crippen LogP contribution in [0, 0.1) is 0 Å². The maximum Gasteiger partial charge on any atom is 0.262 e. The lowest BCUT2D eigenvalue weighted by atomic mass is 10.1. The molecule has 1 aromatic heterocycles. The van der Waals surface area contributed by atoms with Crippen LogP contribution in [0.15, 0.2) is 41.8 Å². The minimum Gasteiger partial charge on any atom is -0.477 e. The zero-order valence-corrected chi connectivity index (χ0v) is 14.5. The van der Waals surface area contributed by atoms with Gasteiger partial charge in [-0.3, -0.25) is 14.4 Å². The summed E-state index contributed by atoms with van der Waals surface area (Å²) in [5.41, 5.74) is 0.622. The second kappa shape index (κ2) is 7.48. The van der Waals surface area contributed by atoms with Crippen molar-refractivity contribution in [2.75, 3.05) is 18.5 Å². The van der Waals surface area contributed by atoms with Crippen molar-refractivity contribution in [1.29, 1.82) is 0 Å². The first kappa shape index (κ1) is 17.2. The molecular formula is C18H18N2O4S. The summed E-state index contributed by atoms with van der Waals surface area (Å²) in [4.78, 5) is 38.9. The van der Waals surface area contributed by atoms with Crippen LogP contribution < -0.4 is 15.0 Å². The zero-order chi connectivity index (χ0) is 17.8. The first-order chi connectivity index (χ1) is 12.1. The van der Waals surface area contributed by atoms with E-state index in [4.69, 9.17) is 4.74 Å². The number of benzene rings is 1. The largest absolute Gasteiger partial charge is 0.477 e. The number of hydrogen-bond acceptors (Lipinski definition) is 5. The molecule has 0 radical (unpaired) electrons. The first-order valence-corrected chi connectivity index (χ1v) is 8.82. The molecule has 2 heterocycles. The van der Waals surface area contributed by atoms with Gasteiger partial charge in [0.25, 0.3) is 5.91 Å². The fourth-order valence-corrected chi connectivity index (χ4v) is 3.38. The Morgan fingerprint density at radius 3 is 2.72 bits per heavy atom. The Labute approximate surface area is 149 Å². The number of Topliss-reactive ketones (excluding diaryl/α,β-unsaturated/α-hetero) is 1. The van der Waals surface area contributed by atoms with Crippen LogP contribution in [-0.2, 0) is 9.59 Å². The topological polar surface area (TPSA) is 75.7 Å². The quantitative estimate of drug-likeness (QED) is 0.832. The average molecular weight is 358 g/mol. The van der Waals surface area contributed by atoms with E-state index in [-0.39, 0.29) is 37.0 Å². The molecule has 2 aromatic rings. The normalized spacial score (nSPS) is 15.9. The van der Waals surface area contributed by atoms with E-state index in [2.05, 4.69) is 5.32 Å². The number of nitrogens with one attached hydrogen (secondary N) is 1. The lowest BCUT2D eigenvalue weighted by Gasteiger charge is -2.34. The van der Waals surface area contributed by atoms with E-state index >= 15 is 0 Å². The average Bonchev–Trinajstić information content (AvgIpc) is 3.19. The Morgan fingerprint density at radius 2 is 2.00 bits per heavy atom. The van der Waals surface area contributed by atoms with E-state index in [0.717, 1.165) is 0 Å². The van der Waals surface area contributed by atoms with Crippen LogP contribution in [0.2, 0.25) is 0 Å². The van der Waals surface area contributed by atoms with Crippen LogP contribution in [0.3, 0.4) is 0 Å². The second-order valence-electron chi connectivity index (χ2n) is 5.59. The predicted octanol–water partition coefficient (Wildman–Crippen LogP) is 2.25. The molecule has 1 aliphatic rings. The third-order valence-corrected chi connectivity index (χ3v) is 4.89. The Bertz CT molecular complexity index is 788. The van der Waals surface area contributed by atoms with Gasteiger partial charge in [-0.05, 0) is 23.6 Å². The van der Waals surface area contributed by atoms with Crippen molar-refractivity contribution in [1.82, 2.24) is 5.32 Å². The molecule has 130 valence electrons. The molecule has 1 aliphatic heterocycles. The molecular weight excluding hydrogens is 340 g/mol. The molecule has 7 heteroatoms. The number of ketones is 1. The number of carbonyl (C=O) groups excluding carboxylic acids is 3. The van der Waals surface area contributed by atoms with Crippen molar-refractivity contribution in [3.8, 4) is 5.75 Å². The molecule has 1 aromatic carbocycles. The predicted molar refractivity (Wildman–Crippen MR) is 95.2 cm³/mol. The molecule has 0 saturated carbocycles. The number of hydrogen-bond donors (Lipinski definition) is 1. The van der Waals surface area contributed by atoms with Gasteiger partial charge in [-0.1, -0.05) is 18.2 Å². The lowest BCUT2D eigenvalue weighted by Crippen LogP contribution is -2.50. The molecule has 1 atom stereocenters. The highest BCUT2D eigenvalue weighted by Gasteiger charge is 2.33. The number of rotatable bonds is 5. The maximum absolute atomic E-state index is 12.7. The van der Waals surface area contributed by atoms with Crippen LogP contribution in [0.5, 0.6) is 5.75 Å². The number of thiophene rings is 1. The number of nitrogens with zero attached hydrogens (tertiary/aromatic N) is 1. The maximum atomic E-state index is 12.7. The summed E-state index contributed by atoms with van der Waals surface area (Å²) in [6.07, 6.45) is -0.536. The number of amides is 2. The monoisotopic (exact) mass is 358 g/mol. The van der Waals surface area contributed by atoms with Gasteiger partial charge in [0.1, 0.15) is 5.75 Å². The fourth-order valence-electron chi connectivity index (χ4n) is 2.68. The Balaban J connectivity index is 1.74. The minimum atomic E-state index is -0.767. The van der Waals surface area contributed by atoms with Gasteiger partial charge < -0.3 is 15.0 Å². The Morgan fingerprint density at radius 1 is 1.20 bits per heavy atom. The molecule has 0 fully saturated rings. The molecule has 0 saturated heterocycles. The van der Waals surface area contributed by atoms with Gasteiger partial charge in [0, 0.05) is 19.9 Å². The summed E-state index contributed by atoms with van der Waals surface area (Å²) in [7, 11) is 1.53. The lowest BCUT2D eigenvalue weighted by molar-refractivity contribution is -0.127. The molecule has 0 aliphatic carbocycles. The number of likely N-dealkylation sites (N-methyl/N-ethyl adjacent to an activating group) is 1. The van der Waals surface area contributed by atoms with E-state index in [1.54, 1.807) is 30.3 Å². The van der Waals surface area contributed by atoms with Crippen molar-refractivity contribution >= 4 is 34.6 Å². The highest BCUT2D eigenvalue weighted by atomic mass is 32.1. The van der Waals surface area contributed by atoms with Crippen LogP contribution in [0.4, 0.5) is 5.69 Å². The number of fused-ring (bicyclic) bond motifs is 1. The summed E-state index contributed by atoms with van der Waals surface area (Å²) in [5.74, 6) is -0.0513. The van der Waals surface area contributed by atoms with Gasteiger partial charge >= 0.3 is 0 Å². The van der Waals surface area contributed by atoms with Crippen molar-refractivity contribution < 1.29 is 19.1 Å². The second-order valence-corrected chi connectivity index (χ2v) is 6.54. The Kier molecular flexibility index (Phi) is 5.14. The standard InChI is InChI=1S/C18H18N2O4S/c1-19-18(23)15-11-20(12-5-2-3-6-14(12)24-15)17(22)9-8-13(21)16-7-4-10-25-16/h2-7,10,15H,8-9,11H2,1H3,(H,19,23)/t15-/m1/s1. The summed E-state index contributed by atoms with van der Waals surface area (Å²) < 4.78 is 5.68. The molecule has 2 amide bonds. The van der Waals surface area contributed by atoms with Gasteiger partial charge in [-0.15, -0.1) is 11.3 Å². The van der Waals surface area contributed by atoms with Crippen molar-refractivity contribution in [2.45, 2.75) is 18.9 Å². The molecule has 1 N–H and O–H groups in total. The van der Waals surface area contributed by atoms with Crippen molar-refractivity contribution in [2.24, 2.45) is 0 Å². The molecule has 0 bridgehead atoms. The van der Waals surface area contributed by atoms with Crippen molar-refractivity contribution in [3.05, 3.63) is 46.7 Å². The van der Waals surface area contributed by atoms with E-state index in [1.807, 2.05) is 11.4 Å². The fraction of sp³-hybridized carbons (Fsp3) is 0.278. The molecule has 0 spiro atoms. The van der Waals surface area contributed by atoms with Gasteiger partial charge in [0.2, 0.25) is 5.91 Å². The van der Waals surface area contributed by atoms with E-state index in [9.17, 15) is 14.4 Å². The molecule has 6 nitrogen and oxygen atoms in total. The summed E-state index contributed by atoms with van der Waals surface area (Å²) >= 11 is 1.37. The summed E-state index contributed by atoms with van der Waals surface area (Å²) in [5, 5.41) is 4.37. The van der Waals surface area contributed by atoms with Crippen LogP contribution in [0.1, 0.15) is 22.5 Å². The zero-order valence-electron chi connectivity index (χ0n) is 13.7. The third-order valence-electron chi connectivity index (χ3n) is 3.98. The van der Waals surface area contributed by atoms with Gasteiger partial charge in [-0.25, -0.2) is 0 Å². The van der Waals surface area contributed by atoms with Crippen LogP contribution in [-0.4, -0.2) is 37.3 Å². The van der Waals surface area contributed by atoms with Crippen molar-refractivity contribution in [3.63, 3.8) is 0 Å². The van der Waals surface area contributed by atoms with Crippen LogP contribution in [0.25, 0.3) is 0 Å². The van der Waals surface area contributed by atoms with E-state index in [1.165, 1.54) is 23.3 Å². The minimum absolute atomic E-state index is 0.0484. The summed E-state index contributed by atoms with van der Waals surface area (Å²) in [6, 6.07) is 10.7. The van der Waals surface area contributed by atoms with Gasteiger partial charge in [-0.2, -0.15) is 0 Å². The number of ether oxygens (including phenoxy) is 1. The summed E-state index contributed by atoms with van der Waals surface area (Å²) in [6.45, 7) is 0.128. The third kappa shape index (κ3) is 3.71. The molecule has 0 unspecified atom stereocenters. The van der Waals surface area contributed by atoms with Gasteiger partial charge in [0.15, 0.2) is 11.9 Å². The molecule has 25 heavy (non-hydrogen) atoms.